The average molecular weight is 238 g/mol. The lowest BCUT2D eigenvalue weighted by Gasteiger charge is -2.06. The number of aliphatic hydroxyl groups excluding tert-OH is 1. The number of benzene rings is 1. The van der Waals surface area contributed by atoms with E-state index in [1.165, 1.54) is 12.1 Å². The summed E-state index contributed by atoms with van der Waals surface area (Å²) in [6.07, 6.45) is 0. The smallest absolute Gasteiger partial charge is 0.124 e. The minimum absolute atomic E-state index is 0.00935. The second-order valence-electron chi connectivity index (χ2n) is 3.47. The van der Waals surface area contributed by atoms with E-state index in [2.05, 4.69) is 5.32 Å². The highest BCUT2D eigenvalue weighted by atomic mass is 19.1. The van der Waals surface area contributed by atoms with Crippen LogP contribution in [-0.2, 0) is 11.3 Å². The summed E-state index contributed by atoms with van der Waals surface area (Å²) in [5.41, 5.74) is 1.04. The monoisotopic (exact) mass is 238 g/mol. The summed E-state index contributed by atoms with van der Waals surface area (Å²) in [7, 11) is 0. The van der Waals surface area contributed by atoms with Gasteiger partial charge in [-0.25, -0.2) is 4.39 Å². The first kappa shape index (κ1) is 13.6. The highest BCUT2D eigenvalue weighted by Gasteiger charge is 2.00. The van der Waals surface area contributed by atoms with E-state index < -0.39 is 5.82 Å². The van der Waals surface area contributed by atoms with Crippen molar-refractivity contribution in [3.63, 3.8) is 0 Å². The summed E-state index contributed by atoms with van der Waals surface area (Å²) >= 11 is 0. The molecule has 0 aliphatic heterocycles. The molecule has 0 saturated heterocycles. The maximum atomic E-state index is 13.1. The average Bonchev–Trinajstić information content (AvgIpc) is 2.33. The summed E-state index contributed by atoms with van der Waals surface area (Å²) in [6, 6.07) is 6.14. The van der Waals surface area contributed by atoms with Crippen molar-refractivity contribution in [2.45, 2.75) is 6.54 Å². The van der Waals surface area contributed by atoms with Gasteiger partial charge in [0, 0.05) is 13.1 Å². The maximum Gasteiger partial charge on any atom is 0.124 e. The first-order valence-corrected chi connectivity index (χ1v) is 5.35. The van der Waals surface area contributed by atoms with Crippen molar-refractivity contribution in [1.82, 2.24) is 5.32 Å². The van der Waals surface area contributed by atoms with Crippen LogP contribution in [0.5, 0.6) is 0 Å². The molecule has 0 atom stereocenters. The van der Waals surface area contributed by atoms with Gasteiger partial charge in [0.15, 0.2) is 0 Å². The SMILES string of the molecule is N#Cc1cc(F)cc(CNCCOCCO)c1. The molecule has 17 heavy (non-hydrogen) atoms. The van der Waals surface area contributed by atoms with Gasteiger partial charge in [-0.05, 0) is 23.8 Å². The summed E-state index contributed by atoms with van der Waals surface area (Å²) in [5.74, 6) is -0.405. The second-order valence-corrected chi connectivity index (χ2v) is 3.47. The summed E-state index contributed by atoms with van der Waals surface area (Å²) in [6.45, 7) is 1.91. The molecule has 0 saturated carbocycles. The Kier molecular flexibility index (Phi) is 6.18. The number of nitrogens with one attached hydrogen (secondary N) is 1. The van der Waals surface area contributed by atoms with Gasteiger partial charge >= 0.3 is 0 Å². The normalized spacial score (nSPS) is 10.2. The number of nitriles is 1. The minimum Gasteiger partial charge on any atom is -0.394 e. The molecule has 1 rings (SSSR count). The first-order chi connectivity index (χ1) is 8.26. The van der Waals surface area contributed by atoms with Gasteiger partial charge in [-0.15, -0.1) is 0 Å². The van der Waals surface area contributed by atoms with Gasteiger partial charge < -0.3 is 15.2 Å². The highest BCUT2D eigenvalue weighted by Crippen LogP contribution is 2.08. The summed E-state index contributed by atoms with van der Waals surface area (Å²) in [5, 5.41) is 20.2. The van der Waals surface area contributed by atoms with Crippen LogP contribution in [0.15, 0.2) is 18.2 Å². The van der Waals surface area contributed by atoms with Gasteiger partial charge in [0.2, 0.25) is 0 Å². The van der Waals surface area contributed by atoms with Crippen molar-refractivity contribution >= 4 is 0 Å². The van der Waals surface area contributed by atoms with Gasteiger partial charge in [0.25, 0.3) is 0 Å². The van der Waals surface area contributed by atoms with Gasteiger partial charge in [0.05, 0.1) is 31.5 Å². The number of rotatable bonds is 7. The lowest BCUT2D eigenvalue weighted by molar-refractivity contribution is 0.0938. The van der Waals surface area contributed by atoms with Crippen LogP contribution in [0.4, 0.5) is 4.39 Å². The van der Waals surface area contributed by atoms with Gasteiger partial charge in [-0.3, -0.25) is 0 Å². The Morgan fingerprint density at radius 1 is 1.35 bits per heavy atom. The van der Waals surface area contributed by atoms with Crippen molar-refractivity contribution in [2.24, 2.45) is 0 Å². The Balaban J connectivity index is 2.32. The summed E-state index contributed by atoms with van der Waals surface area (Å²) < 4.78 is 18.1. The van der Waals surface area contributed by atoms with E-state index in [1.54, 1.807) is 6.07 Å². The van der Waals surface area contributed by atoms with Crippen molar-refractivity contribution in [3.8, 4) is 6.07 Å². The molecule has 1 aromatic rings. The molecule has 0 amide bonds. The Labute approximate surface area is 99.6 Å². The lowest BCUT2D eigenvalue weighted by atomic mass is 10.1. The summed E-state index contributed by atoms with van der Waals surface area (Å²) in [4.78, 5) is 0. The van der Waals surface area contributed by atoms with E-state index in [0.717, 1.165) is 5.56 Å². The zero-order valence-corrected chi connectivity index (χ0v) is 9.45. The standard InChI is InChI=1S/C12H15FN2O2/c13-12-6-10(8-14)5-11(7-12)9-15-1-3-17-4-2-16/h5-7,15-16H,1-4,9H2. The predicted octanol–water partition coefficient (Wildman–Crippen LogP) is 0.796. The van der Waals surface area contributed by atoms with Crippen LogP contribution < -0.4 is 5.32 Å². The van der Waals surface area contributed by atoms with E-state index in [4.69, 9.17) is 15.1 Å². The molecule has 1 aromatic carbocycles. The molecule has 0 spiro atoms. The molecule has 0 aliphatic rings. The number of ether oxygens (including phenoxy) is 1. The van der Waals surface area contributed by atoms with E-state index in [-0.39, 0.29) is 6.61 Å². The van der Waals surface area contributed by atoms with E-state index >= 15 is 0 Å². The Morgan fingerprint density at radius 2 is 2.18 bits per heavy atom. The zero-order chi connectivity index (χ0) is 12.5. The van der Waals surface area contributed by atoms with Crippen LogP contribution in [-0.4, -0.2) is 31.5 Å². The third-order valence-electron chi connectivity index (χ3n) is 2.07. The number of hydrogen-bond donors (Lipinski definition) is 2. The fourth-order valence-electron chi connectivity index (χ4n) is 1.36. The second kappa shape index (κ2) is 7.74. The number of nitrogens with zero attached hydrogens (tertiary/aromatic N) is 1. The van der Waals surface area contributed by atoms with Crippen LogP contribution in [0, 0.1) is 17.1 Å². The molecule has 0 aromatic heterocycles. The van der Waals surface area contributed by atoms with Crippen LogP contribution in [0.2, 0.25) is 0 Å². The number of hydrogen-bond acceptors (Lipinski definition) is 4. The first-order valence-electron chi connectivity index (χ1n) is 5.35. The maximum absolute atomic E-state index is 13.1. The topological polar surface area (TPSA) is 65.3 Å². The molecule has 0 unspecified atom stereocenters. The van der Waals surface area contributed by atoms with E-state index in [9.17, 15) is 4.39 Å². The van der Waals surface area contributed by atoms with Gasteiger partial charge in [-0.2, -0.15) is 5.26 Å². The van der Waals surface area contributed by atoms with Gasteiger partial charge in [-0.1, -0.05) is 0 Å². The molecular weight excluding hydrogens is 223 g/mol. The van der Waals surface area contributed by atoms with Crippen LogP contribution in [0.1, 0.15) is 11.1 Å². The minimum atomic E-state index is -0.405. The fourth-order valence-corrected chi connectivity index (χ4v) is 1.36. The largest absolute Gasteiger partial charge is 0.394 e. The Bertz CT molecular complexity index is 391. The molecule has 2 N–H and O–H groups in total. The molecule has 0 aliphatic carbocycles. The van der Waals surface area contributed by atoms with Gasteiger partial charge in [0.1, 0.15) is 5.82 Å². The van der Waals surface area contributed by atoms with Crippen molar-refractivity contribution in [1.29, 1.82) is 5.26 Å². The van der Waals surface area contributed by atoms with E-state index in [0.29, 0.717) is 31.9 Å². The molecule has 0 fully saturated rings. The molecule has 0 heterocycles. The number of aliphatic hydroxyl groups is 1. The highest BCUT2D eigenvalue weighted by molar-refractivity contribution is 5.33. The van der Waals surface area contributed by atoms with E-state index in [1.807, 2.05) is 6.07 Å². The third kappa shape index (κ3) is 5.41. The van der Waals surface area contributed by atoms with Crippen molar-refractivity contribution in [2.75, 3.05) is 26.4 Å². The number of halogens is 1. The molecule has 0 bridgehead atoms. The third-order valence-corrected chi connectivity index (χ3v) is 2.07. The quantitative estimate of drug-likeness (QED) is 0.689. The van der Waals surface area contributed by atoms with Crippen LogP contribution in [0.3, 0.4) is 0 Å². The Hall–Kier alpha value is -1.48. The van der Waals surface area contributed by atoms with Crippen molar-refractivity contribution in [3.05, 3.63) is 35.1 Å². The zero-order valence-electron chi connectivity index (χ0n) is 9.45. The molecule has 0 radical (unpaired) electrons. The van der Waals surface area contributed by atoms with Crippen LogP contribution >= 0.6 is 0 Å². The molecule has 92 valence electrons. The molecular formula is C12H15FN2O2. The predicted molar refractivity (Wildman–Crippen MR) is 60.7 cm³/mol. The Morgan fingerprint density at radius 3 is 2.88 bits per heavy atom. The lowest BCUT2D eigenvalue weighted by Crippen LogP contribution is -2.20. The molecule has 4 nitrogen and oxygen atoms in total. The van der Waals surface area contributed by atoms with Crippen molar-refractivity contribution < 1.29 is 14.2 Å². The fraction of sp³-hybridized carbons (Fsp3) is 0.417. The van der Waals surface area contributed by atoms with Crippen LogP contribution in [0.25, 0.3) is 0 Å². The molecule has 5 heteroatoms.